The first-order valence-corrected chi connectivity index (χ1v) is 6.36. The predicted molar refractivity (Wildman–Crippen MR) is 69.4 cm³/mol. The maximum absolute atomic E-state index is 11.5. The van der Waals surface area contributed by atoms with E-state index in [0.29, 0.717) is 19.5 Å². The lowest BCUT2D eigenvalue weighted by Crippen LogP contribution is -2.27. The highest BCUT2D eigenvalue weighted by molar-refractivity contribution is 5.76. The van der Waals surface area contributed by atoms with Crippen LogP contribution in [0.2, 0.25) is 0 Å². The number of amides is 1. The lowest BCUT2D eigenvalue weighted by Gasteiger charge is -2.13. The van der Waals surface area contributed by atoms with Crippen molar-refractivity contribution < 1.29 is 4.79 Å². The van der Waals surface area contributed by atoms with E-state index in [2.05, 4.69) is 16.7 Å². The van der Waals surface area contributed by atoms with Crippen LogP contribution >= 0.6 is 0 Å². The van der Waals surface area contributed by atoms with Crippen molar-refractivity contribution in [1.82, 2.24) is 9.80 Å². The van der Waals surface area contributed by atoms with Gasteiger partial charge in [0.2, 0.25) is 5.91 Å². The molecule has 4 heteroatoms. The van der Waals surface area contributed by atoms with Gasteiger partial charge in [-0.15, -0.1) is 0 Å². The number of hydrogen-bond donors (Lipinski definition) is 1. The minimum absolute atomic E-state index is 0.130. The quantitative estimate of drug-likeness (QED) is 0.699. The summed E-state index contributed by atoms with van der Waals surface area (Å²) in [6.07, 6.45) is 3.86. The molecule has 0 bridgehead atoms. The lowest BCUT2D eigenvalue weighted by molar-refractivity contribution is -0.129. The van der Waals surface area contributed by atoms with Gasteiger partial charge in [-0.3, -0.25) is 9.69 Å². The van der Waals surface area contributed by atoms with Gasteiger partial charge in [-0.25, -0.2) is 0 Å². The molecule has 4 nitrogen and oxygen atoms in total. The molecule has 0 atom stereocenters. The second-order valence-electron chi connectivity index (χ2n) is 4.48. The molecular formula is C13H23N3O. The smallest absolute Gasteiger partial charge is 0.223 e. The van der Waals surface area contributed by atoms with Gasteiger partial charge in [-0.2, -0.15) is 0 Å². The van der Waals surface area contributed by atoms with Crippen LogP contribution < -0.4 is 5.73 Å². The number of carbonyl (C=O) groups excluding carboxylic acids is 1. The van der Waals surface area contributed by atoms with Crippen molar-refractivity contribution in [2.45, 2.75) is 25.7 Å². The maximum atomic E-state index is 11.5. The van der Waals surface area contributed by atoms with Crippen molar-refractivity contribution >= 4 is 5.91 Å². The SMILES string of the molecule is CN(CC#CCN1CCCC1)C(=O)CCCN. The summed E-state index contributed by atoms with van der Waals surface area (Å²) in [4.78, 5) is 15.6. The molecule has 0 aliphatic carbocycles. The van der Waals surface area contributed by atoms with Gasteiger partial charge in [-0.05, 0) is 38.9 Å². The van der Waals surface area contributed by atoms with E-state index in [-0.39, 0.29) is 5.91 Å². The van der Waals surface area contributed by atoms with E-state index in [1.54, 1.807) is 11.9 Å². The van der Waals surface area contributed by atoms with Crippen LogP contribution in [0.25, 0.3) is 0 Å². The number of nitrogens with two attached hydrogens (primary N) is 1. The monoisotopic (exact) mass is 237 g/mol. The van der Waals surface area contributed by atoms with Crippen LogP contribution in [0.3, 0.4) is 0 Å². The van der Waals surface area contributed by atoms with E-state index in [1.807, 2.05) is 0 Å². The first-order chi connectivity index (χ1) is 8.24. The molecule has 17 heavy (non-hydrogen) atoms. The van der Waals surface area contributed by atoms with Crippen molar-refractivity contribution in [2.24, 2.45) is 5.73 Å². The minimum atomic E-state index is 0.130. The summed E-state index contributed by atoms with van der Waals surface area (Å²) in [7, 11) is 1.80. The average Bonchev–Trinajstić information content (AvgIpc) is 2.84. The normalized spacial score (nSPS) is 15.4. The van der Waals surface area contributed by atoms with Crippen molar-refractivity contribution in [3.05, 3.63) is 0 Å². The van der Waals surface area contributed by atoms with Gasteiger partial charge in [0.1, 0.15) is 0 Å². The third kappa shape index (κ3) is 5.71. The molecule has 0 radical (unpaired) electrons. The van der Waals surface area contributed by atoms with Gasteiger partial charge in [0.05, 0.1) is 13.1 Å². The summed E-state index contributed by atoms with van der Waals surface area (Å²) in [5, 5.41) is 0. The van der Waals surface area contributed by atoms with E-state index < -0.39 is 0 Å². The summed E-state index contributed by atoms with van der Waals surface area (Å²) >= 11 is 0. The Balaban J connectivity index is 2.15. The molecule has 96 valence electrons. The number of rotatable bonds is 5. The van der Waals surface area contributed by atoms with Crippen LogP contribution in [0.15, 0.2) is 0 Å². The van der Waals surface area contributed by atoms with Crippen LogP contribution in [-0.4, -0.2) is 55.5 Å². The summed E-state index contributed by atoms with van der Waals surface area (Å²) in [6, 6.07) is 0. The summed E-state index contributed by atoms with van der Waals surface area (Å²) in [5.74, 6) is 6.31. The zero-order valence-corrected chi connectivity index (χ0v) is 10.7. The fraction of sp³-hybridized carbons (Fsp3) is 0.769. The zero-order valence-electron chi connectivity index (χ0n) is 10.7. The van der Waals surface area contributed by atoms with Crippen molar-refractivity contribution in [3.8, 4) is 11.8 Å². The fourth-order valence-electron chi connectivity index (χ4n) is 1.82. The molecule has 0 unspecified atom stereocenters. The van der Waals surface area contributed by atoms with Crippen LogP contribution in [0, 0.1) is 11.8 Å². The molecule has 2 N–H and O–H groups in total. The zero-order chi connectivity index (χ0) is 12.5. The first-order valence-electron chi connectivity index (χ1n) is 6.36. The molecule has 1 rings (SSSR count). The highest BCUT2D eigenvalue weighted by Gasteiger charge is 2.09. The van der Waals surface area contributed by atoms with Crippen molar-refractivity contribution in [2.75, 3.05) is 39.8 Å². The minimum Gasteiger partial charge on any atom is -0.335 e. The van der Waals surface area contributed by atoms with E-state index in [4.69, 9.17) is 5.73 Å². The average molecular weight is 237 g/mol. The summed E-state index contributed by atoms with van der Waals surface area (Å²) < 4.78 is 0. The Morgan fingerprint density at radius 3 is 2.71 bits per heavy atom. The molecule has 0 aromatic heterocycles. The summed E-state index contributed by atoms with van der Waals surface area (Å²) in [5.41, 5.74) is 5.36. The lowest BCUT2D eigenvalue weighted by atomic mass is 10.3. The molecule has 0 saturated carbocycles. The largest absolute Gasteiger partial charge is 0.335 e. The molecule has 1 aliphatic heterocycles. The molecule has 1 saturated heterocycles. The molecule has 0 aromatic carbocycles. The predicted octanol–water partition coefficient (Wildman–Crippen LogP) is 0.283. The maximum Gasteiger partial charge on any atom is 0.223 e. The number of hydrogen-bond acceptors (Lipinski definition) is 3. The number of carbonyl (C=O) groups is 1. The Hall–Kier alpha value is -1.05. The highest BCUT2D eigenvalue weighted by Crippen LogP contribution is 2.05. The van der Waals surface area contributed by atoms with Crippen LogP contribution in [0.5, 0.6) is 0 Å². The second kappa shape index (κ2) is 8.10. The van der Waals surface area contributed by atoms with Crippen LogP contribution in [0.1, 0.15) is 25.7 Å². The van der Waals surface area contributed by atoms with Crippen LogP contribution in [-0.2, 0) is 4.79 Å². The standard InChI is InChI=1S/C13H23N3O/c1-15(13(17)7-6-8-14)9-2-3-10-16-11-4-5-12-16/h4-12,14H2,1H3. The Morgan fingerprint density at radius 2 is 2.06 bits per heavy atom. The first kappa shape index (κ1) is 14.0. The van der Waals surface area contributed by atoms with Gasteiger partial charge < -0.3 is 10.6 Å². The third-order valence-electron chi connectivity index (χ3n) is 2.96. The fourth-order valence-corrected chi connectivity index (χ4v) is 1.82. The van der Waals surface area contributed by atoms with Gasteiger partial charge in [-0.1, -0.05) is 11.8 Å². The third-order valence-corrected chi connectivity index (χ3v) is 2.96. The Kier molecular flexibility index (Phi) is 6.68. The topological polar surface area (TPSA) is 49.6 Å². The van der Waals surface area contributed by atoms with E-state index >= 15 is 0 Å². The van der Waals surface area contributed by atoms with Crippen molar-refractivity contribution in [1.29, 1.82) is 0 Å². The Bertz CT molecular complexity index is 287. The van der Waals surface area contributed by atoms with Gasteiger partial charge in [0, 0.05) is 13.5 Å². The van der Waals surface area contributed by atoms with Crippen molar-refractivity contribution in [3.63, 3.8) is 0 Å². The number of nitrogens with zero attached hydrogens (tertiary/aromatic N) is 2. The van der Waals surface area contributed by atoms with Gasteiger partial charge >= 0.3 is 0 Å². The Labute approximate surface area is 104 Å². The molecular weight excluding hydrogens is 214 g/mol. The van der Waals surface area contributed by atoms with Crippen LogP contribution in [0.4, 0.5) is 0 Å². The van der Waals surface area contributed by atoms with E-state index in [1.165, 1.54) is 25.9 Å². The molecule has 1 fully saturated rings. The second-order valence-corrected chi connectivity index (χ2v) is 4.48. The molecule has 1 heterocycles. The molecule has 0 spiro atoms. The number of likely N-dealkylation sites (tertiary alicyclic amines) is 1. The highest BCUT2D eigenvalue weighted by atomic mass is 16.2. The summed E-state index contributed by atoms with van der Waals surface area (Å²) in [6.45, 7) is 4.27. The van der Waals surface area contributed by atoms with Gasteiger partial charge in [0.25, 0.3) is 0 Å². The molecule has 0 aromatic rings. The van der Waals surface area contributed by atoms with E-state index in [9.17, 15) is 4.79 Å². The molecule has 1 amide bonds. The van der Waals surface area contributed by atoms with E-state index in [0.717, 1.165) is 13.0 Å². The Morgan fingerprint density at radius 1 is 1.35 bits per heavy atom. The van der Waals surface area contributed by atoms with Gasteiger partial charge in [0.15, 0.2) is 0 Å². The molecule has 1 aliphatic rings.